The van der Waals surface area contributed by atoms with E-state index in [9.17, 15) is 4.79 Å². The molecular formula is C13H18O3. The van der Waals surface area contributed by atoms with Crippen molar-refractivity contribution < 1.29 is 14.3 Å². The van der Waals surface area contributed by atoms with Crippen LogP contribution in [0.1, 0.15) is 30.5 Å². The van der Waals surface area contributed by atoms with E-state index in [1.807, 2.05) is 26.8 Å². The van der Waals surface area contributed by atoms with Crippen LogP contribution in [-0.4, -0.2) is 12.3 Å². The van der Waals surface area contributed by atoms with Gasteiger partial charge < -0.3 is 9.47 Å². The van der Waals surface area contributed by atoms with E-state index in [1.165, 1.54) is 0 Å². The average molecular weight is 222 g/mol. The topological polar surface area (TPSA) is 35.5 Å². The summed E-state index contributed by atoms with van der Waals surface area (Å²) in [7, 11) is 0. The molecule has 0 N–H and O–H groups in total. The third-order valence-electron chi connectivity index (χ3n) is 2.29. The van der Waals surface area contributed by atoms with E-state index in [0.717, 1.165) is 16.7 Å². The molecule has 0 saturated carbocycles. The molecule has 3 heteroatoms. The standard InChI is InChI=1S/C13H18O3/c1-8(2)15-13(14)16-12-7-9(3)6-10(4)11(12)5/h6-8H,1-5H3. The van der Waals surface area contributed by atoms with Crippen molar-refractivity contribution in [3.05, 3.63) is 28.8 Å². The molecular weight excluding hydrogens is 204 g/mol. The molecule has 0 aromatic heterocycles. The van der Waals surface area contributed by atoms with Gasteiger partial charge in [0, 0.05) is 0 Å². The molecule has 3 nitrogen and oxygen atoms in total. The molecule has 0 aliphatic heterocycles. The van der Waals surface area contributed by atoms with Crippen molar-refractivity contribution in [2.45, 2.75) is 40.7 Å². The zero-order valence-electron chi connectivity index (χ0n) is 10.5. The second kappa shape index (κ2) is 5.01. The summed E-state index contributed by atoms with van der Waals surface area (Å²) in [4.78, 5) is 11.4. The molecule has 0 unspecified atom stereocenters. The predicted octanol–water partition coefficient (Wildman–Crippen LogP) is 3.54. The Morgan fingerprint density at radius 2 is 1.81 bits per heavy atom. The zero-order chi connectivity index (χ0) is 12.3. The van der Waals surface area contributed by atoms with E-state index in [0.29, 0.717) is 5.75 Å². The summed E-state index contributed by atoms with van der Waals surface area (Å²) in [5.74, 6) is 0.572. The first-order valence-electron chi connectivity index (χ1n) is 5.36. The van der Waals surface area contributed by atoms with Crippen LogP contribution in [0.2, 0.25) is 0 Å². The van der Waals surface area contributed by atoms with E-state index in [4.69, 9.17) is 9.47 Å². The van der Waals surface area contributed by atoms with Gasteiger partial charge in [0.15, 0.2) is 0 Å². The molecule has 0 fully saturated rings. The Kier molecular flexibility index (Phi) is 3.93. The van der Waals surface area contributed by atoms with Gasteiger partial charge in [0.2, 0.25) is 0 Å². The lowest BCUT2D eigenvalue weighted by atomic mass is 10.1. The summed E-state index contributed by atoms with van der Waals surface area (Å²) in [5, 5.41) is 0. The first-order valence-corrected chi connectivity index (χ1v) is 5.36. The van der Waals surface area contributed by atoms with Crippen molar-refractivity contribution in [3.63, 3.8) is 0 Å². The lowest BCUT2D eigenvalue weighted by Gasteiger charge is -2.12. The van der Waals surface area contributed by atoms with Crippen LogP contribution in [0.4, 0.5) is 4.79 Å². The Morgan fingerprint density at radius 1 is 1.19 bits per heavy atom. The molecule has 1 rings (SSSR count). The third-order valence-corrected chi connectivity index (χ3v) is 2.29. The quantitative estimate of drug-likeness (QED) is 0.567. The van der Waals surface area contributed by atoms with Crippen molar-refractivity contribution in [2.24, 2.45) is 0 Å². The van der Waals surface area contributed by atoms with Crippen LogP contribution < -0.4 is 4.74 Å². The summed E-state index contributed by atoms with van der Waals surface area (Å²) in [6.07, 6.45) is -0.818. The molecule has 0 aliphatic carbocycles. The number of ether oxygens (including phenoxy) is 2. The molecule has 0 aliphatic rings. The van der Waals surface area contributed by atoms with E-state index < -0.39 is 6.16 Å². The second-order valence-corrected chi connectivity index (χ2v) is 4.22. The summed E-state index contributed by atoms with van der Waals surface area (Å²) >= 11 is 0. The molecule has 0 saturated heterocycles. The van der Waals surface area contributed by atoms with Gasteiger partial charge in [-0.2, -0.15) is 0 Å². The van der Waals surface area contributed by atoms with Gasteiger partial charge in [0.05, 0.1) is 6.10 Å². The average Bonchev–Trinajstić information content (AvgIpc) is 2.11. The van der Waals surface area contributed by atoms with Crippen LogP contribution in [0.25, 0.3) is 0 Å². The smallest absolute Gasteiger partial charge is 0.431 e. The van der Waals surface area contributed by atoms with Crippen LogP contribution >= 0.6 is 0 Å². The van der Waals surface area contributed by atoms with E-state index in [-0.39, 0.29) is 6.10 Å². The van der Waals surface area contributed by atoms with Crippen molar-refractivity contribution in [1.82, 2.24) is 0 Å². The highest BCUT2D eigenvalue weighted by atomic mass is 16.7. The summed E-state index contributed by atoms with van der Waals surface area (Å²) in [5.41, 5.74) is 3.13. The van der Waals surface area contributed by atoms with Gasteiger partial charge in [-0.05, 0) is 57.4 Å². The minimum Gasteiger partial charge on any atom is -0.431 e. The molecule has 0 atom stereocenters. The van der Waals surface area contributed by atoms with Gasteiger partial charge in [-0.15, -0.1) is 0 Å². The Balaban J connectivity index is 2.85. The lowest BCUT2D eigenvalue weighted by molar-refractivity contribution is 0.0726. The number of rotatable bonds is 2. The second-order valence-electron chi connectivity index (χ2n) is 4.22. The Morgan fingerprint density at radius 3 is 2.38 bits per heavy atom. The Bertz CT molecular complexity index is 394. The van der Waals surface area contributed by atoms with Gasteiger partial charge in [-0.3, -0.25) is 0 Å². The molecule has 0 spiro atoms. The predicted molar refractivity (Wildman–Crippen MR) is 62.9 cm³/mol. The van der Waals surface area contributed by atoms with Crippen LogP contribution in [0.3, 0.4) is 0 Å². The van der Waals surface area contributed by atoms with Gasteiger partial charge in [0.1, 0.15) is 5.75 Å². The molecule has 88 valence electrons. The minimum atomic E-state index is -0.650. The number of hydrogen-bond donors (Lipinski definition) is 0. The molecule has 0 amide bonds. The van der Waals surface area contributed by atoms with E-state index in [1.54, 1.807) is 13.8 Å². The largest absolute Gasteiger partial charge is 0.514 e. The van der Waals surface area contributed by atoms with E-state index >= 15 is 0 Å². The van der Waals surface area contributed by atoms with Crippen molar-refractivity contribution in [1.29, 1.82) is 0 Å². The van der Waals surface area contributed by atoms with Gasteiger partial charge in [0.25, 0.3) is 0 Å². The summed E-state index contributed by atoms with van der Waals surface area (Å²) < 4.78 is 10.1. The lowest BCUT2D eigenvalue weighted by Crippen LogP contribution is -2.16. The minimum absolute atomic E-state index is 0.168. The van der Waals surface area contributed by atoms with E-state index in [2.05, 4.69) is 6.07 Å². The molecule has 1 aromatic rings. The van der Waals surface area contributed by atoms with Gasteiger partial charge in [-0.25, -0.2) is 4.79 Å². The highest BCUT2D eigenvalue weighted by Gasteiger charge is 2.11. The normalized spacial score (nSPS) is 10.4. The van der Waals surface area contributed by atoms with Gasteiger partial charge >= 0.3 is 6.16 Å². The van der Waals surface area contributed by atoms with Crippen LogP contribution in [0, 0.1) is 20.8 Å². The number of carbonyl (C=O) groups excluding carboxylic acids is 1. The highest BCUT2D eigenvalue weighted by molar-refractivity contribution is 5.65. The SMILES string of the molecule is Cc1cc(C)c(C)c(OC(=O)OC(C)C)c1. The number of carbonyl (C=O) groups is 1. The molecule has 0 radical (unpaired) electrons. The fourth-order valence-electron chi connectivity index (χ4n) is 1.41. The monoisotopic (exact) mass is 222 g/mol. The maximum Gasteiger partial charge on any atom is 0.514 e. The van der Waals surface area contributed by atoms with Crippen LogP contribution in [0.15, 0.2) is 12.1 Å². The number of hydrogen-bond acceptors (Lipinski definition) is 3. The summed E-state index contributed by atoms with van der Waals surface area (Å²) in [6.45, 7) is 9.45. The first kappa shape index (κ1) is 12.6. The Labute approximate surface area is 96.4 Å². The summed E-state index contributed by atoms with van der Waals surface area (Å²) in [6, 6.07) is 3.89. The van der Waals surface area contributed by atoms with Crippen LogP contribution in [-0.2, 0) is 4.74 Å². The fraction of sp³-hybridized carbons (Fsp3) is 0.462. The van der Waals surface area contributed by atoms with Crippen molar-refractivity contribution >= 4 is 6.16 Å². The van der Waals surface area contributed by atoms with Crippen LogP contribution in [0.5, 0.6) is 5.75 Å². The Hall–Kier alpha value is -1.51. The molecule has 1 aromatic carbocycles. The number of benzene rings is 1. The van der Waals surface area contributed by atoms with Crippen molar-refractivity contribution in [3.8, 4) is 5.75 Å². The first-order chi connectivity index (χ1) is 7.40. The maximum absolute atomic E-state index is 11.4. The molecule has 0 bridgehead atoms. The molecule has 16 heavy (non-hydrogen) atoms. The number of aryl methyl sites for hydroxylation is 2. The van der Waals surface area contributed by atoms with Gasteiger partial charge in [-0.1, -0.05) is 6.07 Å². The molecule has 0 heterocycles. The third kappa shape index (κ3) is 3.26. The zero-order valence-corrected chi connectivity index (χ0v) is 10.5. The fourth-order valence-corrected chi connectivity index (χ4v) is 1.41. The highest BCUT2D eigenvalue weighted by Crippen LogP contribution is 2.23. The van der Waals surface area contributed by atoms with Crippen molar-refractivity contribution in [2.75, 3.05) is 0 Å². The maximum atomic E-state index is 11.4.